The molecule has 2 heterocycles. The molecule has 5 saturated carbocycles. The molecule has 12 heteroatoms. The largest absolute Gasteiger partial charge is 0.345 e. The highest BCUT2D eigenvalue weighted by Gasteiger charge is 2.85. The average Bonchev–Trinajstić information content (AvgIpc) is 3.89. The summed E-state index contributed by atoms with van der Waals surface area (Å²) >= 11 is 0. The summed E-state index contributed by atoms with van der Waals surface area (Å²) in [6, 6.07) is -1.56. The molecule has 0 radical (unpaired) electrons. The fourth-order valence-electron chi connectivity index (χ4n) is 13.3. The third-order valence-electron chi connectivity index (χ3n) is 18.1. The van der Waals surface area contributed by atoms with E-state index in [1.807, 2.05) is 20.8 Å². The van der Waals surface area contributed by atoms with E-state index in [1.54, 1.807) is 17.9 Å². The predicted molar refractivity (Wildman–Crippen MR) is 233 cm³/mol. The topological polar surface area (TPSA) is 150 Å². The number of piperidine rings is 1. The zero-order valence-electron chi connectivity index (χ0n) is 38.1. The Morgan fingerprint density at radius 3 is 1.98 bits per heavy atom. The Morgan fingerprint density at radius 2 is 1.47 bits per heavy atom. The van der Waals surface area contributed by atoms with Gasteiger partial charge in [0.25, 0.3) is 0 Å². The van der Waals surface area contributed by atoms with E-state index in [2.05, 4.69) is 49.2 Å². The van der Waals surface area contributed by atoms with Gasteiger partial charge in [-0.25, -0.2) is 8.42 Å². The highest BCUT2D eigenvalue weighted by Crippen LogP contribution is 2.88. The van der Waals surface area contributed by atoms with Crippen LogP contribution in [-0.4, -0.2) is 89.5 Å². The van der Waals surface area contributed by atoms with Crippen LogP contribution in [0, 0.1) is 44.8 Å². The molecule has 3 amide bonds. The van der Waals surface area contributed by atoms with E-state index in [1.165, 1.54) is 0 Å². The zero-order valence-corrected chi connectivity index (χ0v) is 38.9. The molecule has 0 aromatic heterocycles. The van der Waals surface area contributed by atoms with E-state index in [-0.39, 0.29) is 76.4 Å². The van der Waals surface area contributed by atoms with Crippen LogP contribution >= 0.6 is 0 Å². The van der Waals surface area contributed by atoms with Crippen LogP contribution in [0.4, 0.5) is 0 Å². The van der Waals surface area contributed by atoms with Gasteiger partial charge in [-0.2, -0.15) is 0 Å². The Labute approximate surface area is 360 Å². The summed E-state index contributed by atoms with van der Waals surface area (Å²) in [5, 5.41) is 3.28. The standard InChI is InChI=1S/C48H76N4O7S/c1-10-33-27-46(33,42(57)50-60(58,59)45(9)21-16-22-45)29-38(54)36-28-48(44(7,8)47(48)23-17-24-47)30-52(36)41(56)34(43(4,5)6)26-37(53)39(32-18-12-11-13-19-32)49-40(55)35-20-14-15-25-51(35)31(2)3/h10,31-36,39H,1,11-30H2,2-9H3,(H,49,55)(H,50,57)/t33-,34-,35+,36+,39+,46-,48-/m1/s1. The number of fused-ring (bicyclic) bond motifs is 1. The number of rotatable bonds is 15. The third-order valence-corrected chi connectivity index (χ3v) is 20.3. The minimum absolute atomic E-state index is 0.00603. The molecule has 7 aliphatic rings. The number of carbonyl (C=O) groups excluding carboxylic acids is 5. The smallest absolute Gasteiger partial charge is 0.240 e. The van der Waals surface area contributed by atoms with Crippen molar-refractivity contribution in [2.45, 2.75) is 200 Å². The predicted octanol–water partition coefficient (Wildman–Crippen LogP) is 7.27. The van der Waals surface area contributed by atoms with Crippen molar-refractivity contribution in [3.05, 3.63) is 12.7 Å². The lowest BCUT2D eigenvalue weighted by molar-refractivity contribution is -0.147. The maximum Gasteiger partial charge on any atom is 0.240 e. The molecule has 7 rings (SSSR count). The number of carbonyl (C=O) groups is 5. The lowest BCUT2D eigenvalue weighted by atomic mass is 9.73. The first-order valence-electron chi connectivity index (χ1n) is 23.6. The van der Waals surface area contributed by atoms with Gasteiger partial charge in [0.05, 0.1) is 28.3 Å². The Bertz CT molecular complexity index is 1850. The maximum absolute atomic E-state index is 15.4. The van der Waals surface area contributed by atoms with E-state index in [9.17, 15) is 27.6 Å². The Kier molecular flexibility index (Phi) is 12.0. The number of nitrogens with zero attached hydrogens (tertiary/aromatic N) is 2. The lowest BCUT2D eigenvalue weighted by Crippen LogP contribution is -2.57. The van der Waals surface area contributed by atoms with Crippen LogP contribution in [0.1, 0.15) is 171 Å². The Hall–Kier alpha value is -2.60. The first-order chi connectivity index (χ1) is 28.0. The summed E-state index contributed by atoms with van der Waals surface area (Å²) in [4.78, 5) is 77.3. The van der Waals surface area contributed by atoms with Crippen LogP contribution in [-0.2, 0) is 34.0 Å². The lowest BCUT2D eigenvalue weighted by Gasteiger charge is -2.40. The quantitative estimate of drug-likeness (QED) is 0.164. The van der Waals surface area contributed by atoms with Crippen LogP contribution in [0.3, 0.4) is 0 Å². The second-order valence-corrected chi connectivity index (χ2v) is 24.9. The number of hydrogen-bond donors (Lipinski definition) is 2. The van der Waals surface area contributed by atoms with Crippen LogP contribution in [0.25, 0.3) is 0 Å². The minimum Gasteiger partial charge on any atom is -0.345 e. The van der Waals surface area contributed by atoms with Crippen molar-refractivity contribution in [3.63, 3.8) is 0 Å². The Morgan fingerprint density at radius 1 is 0.833 bits per heavy atom. The molecule has 0 aromatic rings. The average molecular weight is 853 g/mol. The van der Waals surface area contributed by atoms with Gasteiger partial charge in [-0.1, -0.05) is 79.2 Å². The first kappa shape index (κ1) is 45.4. The van der Waals surface area contributed by atoms with Crippen molar-refractivity contribution >= 4 is 39.3 Å². The summed E-state index contributed by atoms with van der Waals surface area (Å²) in [6.07, 6.45) is 14.8. The number of allylic oxidation sites excluding steroid dienone is 1. The third kappa shape index (κ3) is 7.35. The molecule has 7 atom stereocenters. The van der Waals surface area contributed by atoms with Gasteiger partial charge in [-0.15, -0.1) is 6.58 Å². The first-order valence-corrected chi connectivity index (χ1v) is 25.1. The van der Waals surface area contributed by atoms with Crippen molar-refractivity contribution in [3.8, 4) is 0 Å². The van der Waals surface area contributed by atoms with E-state index in [0.29, 0.717) is 32.2 Å². The summed E-state index contributed by atoms with van der Waals surface area (Å²) in [5.74, 6) is -2.39. The fraction of sp³-hybridized carbons (Fsp3) is 0.854. The number of nitrogens with one attached hydrogen (secondary N) is 2. The van der Waals surface area contributed by atoms with Gasteiger partial charge in [-0.05, 0) is 120 Å². The molecule has 7 fully saturated rings. The number of ketones is 2. The molecule has 2 spiro atoms. The second kappa shape index (κ2) is 15.9. The molecule has 0 unspecified atom stereocenters. The fourth-order valence-corrected chi connectivity index (χ4v) is 14.9. The van der Waals surface area contributed by atoms with Gasteiger partial charge in [-0.3, -0.25) is 33.6 Å². The molecule has 2 N–H and O–H groups in total. The molecular weight excluding hydrogens is 777 g/mol. The van der Waals surface area contributed by atoms with Crippen molar-refractivity contribution in [2.24, 2.45) is 44.8 Å². The summed E-state index contributed by atoms with van der Waals surface area (Å²) in [7, 11) is -3.96. The molecule has 60 heavy (non-hydrogen) atoms. The van der Waals surface area contributed by atoms with E-state index >= 15 is 4.79 Å². The van der Waals surface area contributed by atoms with Crippen LogP contribution in [0.2, 0.25) is 0 Å². The number of Topliss-reactive ketones (excluding diaryl/α,β-unsaturated/α-hetero) is 2. The van der Waals surface area contributed by atoms with E-state index in [0.717, 1.165) is 83.6 Å². The molecule has 5 aliphatic carbocycles. The molecule has 0 aromatic carbocycles. The zero-order chi connectivity index (χ0) is 43.8. The van der Waals surface area contributed by atoms with E-state index < -0.39 is 49.5 Å². The number of sulfonamides is 1. The van der Waals surface area contributed by atoms with Crippen LogP contribution < -0.4 is 10.0 Å². The number of amides is 3. The van der Waals surface area contributed by atoms with Crippen LogP contribution in [0.5, 0.6) is 0 Å². The second-order valence-electron chi connectivity index (χ2n) is 22.7. The molecule has 2 aliphatic heterocycles. The Balaban J connectivity index is 1.16. The molecule has 2 saturated heterocycles. The normalized spacial score (nSPS) is 33.0. The summed E-state index contributed by atoms with van der Waals surface area (Å²) in [5.41, 5.74) is -2.20. The minimum atomic E-state index is -3.96. The molecular formula is C48H76N4O7S. The van der Waals surface area contributed by atoms with Gasteiger partial charge >= 0.3 is 0 Å². The van der Waals surface area contributed by atoms with Crippen LogP contribution in [0.15, 0.2) is 12.7 Å². The van der Waals surface area contributed by atoms with Crippen molar-refractivity contribution < 1.29 is 32.4 Å². The van der Waals surface area contributed by atoms with Gasteiger partial charge in [0.1, 0.15) is 0 Å². The van der Waals surface area contributed by atoms with Crippen molar-refractivity contribution in [2.75, 3.05) is 13.1 Å². The van der Waals surface area contributed by atoms with E-state index in [4.69, 9.17) is 0 Å². The monoisotopic (exact) mass is 853 g/mol. The highest BCUT2D eigenvalue weighted by molar-refractivity contribution is 7.91. The number of hydrogen-bond acceptors (Lipinski definition) is 8. The SMILES string of the molecule is C=C[C@@H]1C[C@]1(CC(=O)[C@@H]1C[C@@]2(CN1C(=O)[C@@H](CC(=O)[C@@H](NC(=O)[C@@H]1CCCCN1C(C)C)C1CCCCC1)C(C)(C)C)C(C)(C)C21CCC1)C(=O)NS(=O)(=O)C1(C)CCC1. The van der Waals surface area contributed by atoms with Gasteiger partial charge in [0.2, 0.25) is 27.7 Å². The molecule has 336 valence electrons. The molecule has 11 nitrogen and oxygen atoms in total. The summed E-state index contributed by atoms with van der Waals surface area (Å²) < 4.78 is 28.2. The highest BCUT2D eigenvalue weighted by atomic mass is 32.2. The number of likely N-dealkylation sites (tertiary alicyclic amines) is 2. The van der Waals surface area contributed by atoms with Gasteiger partial charge < -0.3 is 10.2 Å². The van der Waals surface area contributed by atoms with Crippen molar-refractivity contribution in [1.29, 1.82) is 0 Å². The van der Waals surface area contributed by atoms with Crippen molar-refractivity contribution in [1.82, 2.24) is 19.8 Å². The summed E-state index contributed by atoms with van der Waals surface area (Å²) in [6.45, 7) is 21.6. The van der Waals surface area contributed by atoms with Gasteiger partial charge in [0.15, 0.2) is 11.6 Å². The van der Waals surface area contributed by atoms with Gasteiger partial charge in [0, 0.05) is 36.8 Å². The molecule has 0 bridgehead atoms. The maximum atomic E-state index is 15.4.